The van der Waals surface area contributed by atoms with Gasteiger partial charge in [0.05, 0.1) is 25.4 Å². The summed E-state index contributed by atoms with van der Waals surface area (Å²) in [6.45, 7) is 1.24. The number of hydrogen-bond donors (Lipinski definition) is 9. The normalized spacial score (nSPS) is 47.9. The first kappa shape index (κ1) is 29.5. The summed E-state index contributed by atoms with van der Waals surface area (Å²) >= 11 is 0. The van der Waals surface area contributed by atoms with Crippen LogP contribution in [0.5, 0.6) is 0 Å². The maximum absolute atomic E-state index is 11.3. The Morgan fingerprint density at radius 3 is 1.97 bits per heavy atom. The Balaban J connectivity index is 1.82. The molecule has 3 rings (SSSR count). The lowest BCUT2D eigenvalue weighted by Crippen LogP contribution is -2.63. The Kier molecular flexibility index (Phi) is 10.3. The lowest BCUT2D eigenvalue weighted by atomic mass is 9.97. The Morgan fingerprint density at radius 2 is 1.39 bits per heavy atom. The van der Waals surface area contributed by atoms with Crippen molar-refractivity contribution < 1.29 is 74.2 Å². The Hall–Kier alpha value is -1.09. The van der Waals surface area contributed by atoms with Gasteiger partial charge in [0.1, 0.15) is 54.9 Å². The van der Waals surface area contributed by atoms with Crippen LogP contribution in [0.4, 0.5) is 0 Å². The number of carbonyl (C=O) groups is 1. The highest BCUT2D eigenvalue weighted by atomic mass is 16.8. The standard InChI is InChI=1S/C20H35NO15/c1-6-12(25)14(27)16(29)19(31-6)33-8-3-11(36-21-7(2)24)32-10(5-23)18(8)35-20-17(30)15(28)13(26)9(4-22)34-20/h6,8-20,22-23,25-30H,3-5H2,1-2H3,(H,21,24)/t6-,8+,9+,10+,11-,12+,13-,14+,15-,16-,17+,18-,19-,20-/m0/s1. The topological polar surface area (TPSA) is 246 Å². The van der Waals surface area contributed by atoms with Gasteiger partial charge in [0, 0.05) is 13.3 Å². The molecule has 0 aromatic heterocycles. The second kappa shape index (κ2) is 12.6. The summed E-state index contributed by atoms with van der Waals surface area (Å²) in [7, 11) is 0. The number of hydroxylamine groups is 1. The van der Waals surface area contributed by atoms with Crippen LogP contribution >= 0.6 is 0 Å². The summed E-state index contributed by atoms with van der Waals surface area (Å²) in [5.74, 6) is -0.548. The van der Waals surface area contributed by atoms with Crippen LogP contribution in [0, 0.1) is 0 Å². The largest absolute Gasteiger partial charge is 0.394 e. The Morgan fingerprint density at radius 1 is 0.806 bits per heavy atom. The molecule has 3 saturated heterocycles. The van der Waals surface area contributed by atoms with E-state index in [1.165, 1.54) is 13.8 Å². The number of carbonyl (C=O) groups excluding carboxylic acids is 1. The van der Waals surface area contributed by atoms with E-state index in [2.05, 4.69) is 5.48 Å². The molecular formula is C20H35NO15. The van der Waals surface area contributed by atoms with Crippen molar-refractivity contribution in [2.45, 2.75) is 106 Å². The Bertz CT molecular complexity index is 715. The second-order valence-corrected chi connectivity index (χ2v) is 8.95. The van der Waals surface area contributed by atoms with Gasteiger partial charge in [-0.1, -0.05) is 0 Å². The van der Waals surface area contributed by atoms with Gasteiger partial charge in [0.15, 0.2) is 18.9 Å². The number of ether oxygens (including phenoxy) is 5. The molecule has 0 radical (unpaired) electrons. The SMILES string of the molecule is CC(=O)NO[C@H]1C[C@@H](O[C@@H]2O[C@@H](C)[C@@H](O)[C@@H](O)[C@@H]2O)[C@H](O[C@@H]2O[C@H](CO)[C@H](O)[C@H](O)[C@H]2O)[C@@H](CO)O1. The van der Waals surface area contributed by atoms with E-state index in [4.69, 9.17) is 28.5 Å². The van der Waals surface area contributed by atoms with Crippen molar-refractivity contribution in [1.82, 2.24) is 5.48 Å². The fourth-order valence-corrected chi connectivity index (χ4v) is 4.20. The van der Waals surface area contributed by atoms with Crippen LogP contribution in [-0.2, 0) is 33.3 Å². The molecule has 0 unspecified atom stereocenters. The van der Waals surface area contributed by atoms with E-state index < -0.39 is 105 Å². The van der Waals surface area contributed by atoms with E-state index in [1.54, 1.807) is 0 Å². The number of nitrogens with one attached hydrogen (secondary N) is 1. The number of aliphatic hydroxyl groups is 8. The molecule has 0 aromatic rings. The first-order valence-electron chi connectivity index (χ1n) is 11.5. The molecule has 0 spiro atoms. The lowest BCUT2D eigenvalue weighted by molar-refractivity contribution is -0.370. The fourth-order valence-electron chi connectivity index (χ4n) is 4.20. The molecule has 1 amide bonds. The predicted octanol–water partition coefficient (Wildman–Crippen LogP) is -5.44. The molecule has 3 aliphatic rings. The molecule has 3 heterocycles. The third-order valence-corrected chi connectivity index (χ3v) is 6.26. The van der Waals surface area contributed by atoms with Crippen LogP contribution in [0.1, 0.15) is 20.3 Å². The van der Waals surface area contributed by atoms with Crippen molar-refractivity contribution in [2.24, 2.45) is 0 Å². The fraction of sp³-hybridized carbons (Fsp3) is 0.950. The van der Waals surface area contributed by atoms with E-state index in [9.17, 15) is 45.6 Å². The zero-order valence-electron chi connectivity index (χ0n) is 19.6. The van der Waals surface area contributed by atoms with Crippen molar-refractivity contribution >= 4 is 5.91 Å². The zero-order valence-corrected chi connectivity index (χ0v) is 19.6. The smallest absolute Gasteiger partial charge is 0.240 e. The highest BCUT2D eigenvalue weighted by molar-refractivity contribution is 5.71. The third kappa shape index (κ3) is 6.48. The second-order valence-electron chi connectivity index (χ2n) is 8.95. The van der Waals surface area contributed by atoms with Crippen molar-refractivity contribution in [3.8, 4) is 0 Å². The maximum Gasteiger partial charge on any atom is 0.240 e. The van der Waals surface area contributed by atoms with E-state index in [1.807, 2.05) is 0 Å². The van der Waals surface area contributed by atoms with Gasteiger partial charge in [0.25, 0.3) is 0 Å². The van der Waals surface area contributed by atoms with Crippen molar-refractivity contribution in [3.05, 3.63) is 0 Å². The van der Waals surface area contributed by atoms with Crippen LogP contribution in [0.15, 0.2) is 0 Å². The van der Waals surface area contributed by atoms with Gasteiger partial charge in [-0.2, -0.15) is 0 Å². The van der Waals surface area contributed by atoms with Crippen LogP contribution in [0.3, 0.4) is 0 Å². The summed E-state index contributed by atoms with van der Waals surface area (Å²) < 4.78 is 28.1. The zero-order chi connectivity index (χ0) is 26.7. The van der Waals surface area contributed by atoms with Crippen LogP contribution in [0.2, 0.25) is 0 Å². The van der Waals surface area contributed by atoms with Gasteiger partial charge >= 0.3 is 0 Å². The summed E-state index contributed by atoms with van der Waals surface area (Å²) in [6.07, 6.45) is -20.2. The first-order chi connectivity index (χ1) is 17.0. The van der Waals surface area contributed by atoms with Gasteiger partial charge in [0.2, 0.25) is 5.91 Å². The number of rotatable bonds is 8. The molecule has 0 saturated carbocycles. The minimum absolute atomic E-state index is 0.196. The summed E-state index contributed by atoms with van der Waals surface area (Å²) in [4.78, 5) is 16.4. The first-order valence-corrected chi connectivity index (χ1v) is 11.5. The predicted molar refractivity (Wildman–Crippen MR) is 111 cm³/mol. The van der Waals surface area contributed by atoms with E-state index in [-0.39, 0.29) is 6.42 Å². The Labute approximate surface area is 205 Å². The molecule has 0 bridgehead atoms. The molecule has 16 heteroatoms. The van der Waals surface area contributed by atoms with Gasteiger partial charge in [-0.15, -0.1) is 0 Å². The van der Waals surface area contributed by atoms with Crippen molar-refractivity contribution in [2.75, 3.05) is 13.2 Å². The molecule has 9 N–H and O–H groups in total. The summed E-state index contributed by atoms with van der Waals surface area (Å²) in [5.41, 5.74) is 2.09. The molecule has 36 heavy (non-hydrogen) atoms. The van der Waals surface area contributed by atoms with Gasteiger partial charge in [-0.05, 0) is 6.92 Å². The highest BCUT2D eigenvalue weighted by Gasteiger charge is 2.51. The third-order valence-electron chi connectivity index (χ3n) is 6.26. The molecule has 210 valence electrons. The van der Waals surface area contributed by atoms with Crippen LogP contribution in [-0.4, -0.2) is 146 Å². The highest BCUT2D eigenvalue weighted by Crippen LogP contribution is 2.33. The molecule has 16 nitrogen and oxygen atoms in total. The molecule has 14 atom stereocenters. The maximum atomic E-state index is 11.3. The van der Waals surface area contributed by atoms with Gasteiger partial charge in [-0.3, -0.25) is 4.79 Å². The average molecular weight is 529 g/mol. The van der Waals surface area contributed by atoms with E-state index in [0.717, 1.165) is 0 Å². The summed E-state index contributed by atoms with van der Waals surface area (Å²) in [5, 5.41) is 80.3. The molecule has 0 aromatic carbocycles. The quantitative estimate of drug-likeness (QED) is 0.133. The minimum Gasteiger partial charge on any atom is -0.394 e. The number of aliphatic hydroxyl groups excluding tert-OH is 8. The van der Waals surface area contributed by atoms with E-state index >= 15 is 0 Å². The number of amides is 1. The molecule has 3 fully saturated rings. The van der Waals surface area contributed by atoms with Crippen LogP contribution < -0.4 is 5.48 Å². The minimum atomic E-state index is -1.77. The molecular weight excluding hydrogens is 494 g/mol. The van der Waals surface area contributed by atoms with Crippen LogP contribution in [0.25, 0.3) is 0 Å². The lowest BCUT2D eigenvalue weighted by Gasteiger charge is -2.47. The molecule has 0 aliphatic carbocycles. The van der Waals surface area contributed by atoms with Crippen molar-refractivity contribution in [3.63, 3.8) is 0 Å². The molecule has 3 aliphatic heterocycles. The van der Waals surface area contributed by atoms with E-state index in [0.29, 0.717) is 0 Å². The monoisotopic (exact) mass is 529 g/mol. The number of hydrogen-bond acceptors (Lipinski definition) is 15. The van der Waals surface area contributed by atoms with Crippen molar-refractivity contribution in [1.29, 1.82) is 0 Å². The van der Waals surface area contributed by atoms with Gasteiger partial charge in [-0.25, -0.2) is 10.3 Å². The summed E-state index contributed by atoms with van der Waals surface area (Å²) in [6, 6.07) is 0. The van der Waals surface area contributed by atoms with Gasteiger partial charge < -0.3 is 64.5 Å². The average Bonchev–Trinajstić information content (AvgIpc) is 2.85.